The van der Waals surface area contributed by atoms with E-state index in [4.69, 9.17) is 0 Å². The van der Waals surface area contributed by atoms with E-state index in [1.807, 2.05) is 0 Å². The van der Waals surface area contributed by atoms with Crippen LogP contribution in [0.4, 0.5) is 17.6 Å². The normalized spacial score (nSPS) is 16.1. The fraction of sp³-hybridized carbons (Fsp3) is 1.00. The number of hydrogen-bond donors (Lipinski definition) is 1. The first-order valence-electron chi connectivity index (χ1n) is 1.86. The van der Waals surface area contributed by atoms with E-state index in [2.05, 4.69) is 0 Å². The van der Waals surface area contributed by atoms with Crippen LogP contribution in [0, 0.1) is 0 Å². The van der Waals surface area contributed by atoms with Gasteiger partial charge >= 0.3 is 6.18 Å². The molecule has 0 aromatic rings. The van der Waals surface area contributed by atoms with E-state index in [1.165, 1.54) is 5.32 Å². The van der Waals surface area contributed by atoms with Crippen LogP contribution in [0.25, 0.3) is 0 Å². The smallest absolute Gasteiger partial charge is 0.283 e. The summed E-state index contributed by atoms with van der Waals surface area (Å²) in [7, 11) is 0.901. The highest BCUT2D eigenvalue weighted by Crippen LogP contribution is 2.19. The van der Waals surface area contributed by atoms with Gasteiger partial charge in [-0.1, -0.05) is 0 Å². The molecule has 0 aliphatic heterocycles. The summed E-state index contributed by atoms with van der Waals surface area (Å²) in [4.78, 5) is 0. The van der Waals surface area contributed by atoms with Gasteiger partial charge in [-0.2, -0.15) is 13.2 Å². The van der Waals surface area contributed by atoms with Crippen molar-refractivity contribution in [1.82, 2.24) is 5.32 Å². The van der Waals surface area contributed by atoms with Gasteiger partial charge in [0, 0.05) is 0 Å². The molecule has 0 aromatic heterocycles. The lowest BCUT2D eigenvalue weighted by Gasteiger charge is -2.09. The summed E-state index contributed by atoms with van der Waals surface area (Å²) in [5.41, 5.74) is 0. The zero-order valence-electron chi connectivity index (χ0n) is 4.09. The average Bonchev–Trinajstić information content (AvgIpc) is 1.62. The number of halogens is 4. The Hall–Kier alpha value is -0.320. The molecule has 8 heavy (non-hydrogen) atoms. The van der Waals surface area contributed by atoms with Crippen molar-refractivity contribution in [2.24, 2.45) is 0 Å². The molecule has 0 saturated heterocycles. The number of hydrogen-bond acceptors (Lipinski definition) is 1. The van der Waals surface area contributed by atoms with E-state index in [0.717, 1.165) is 7.05 Å². The molecule has 0 heterocycles. The first-order valence-corrected chi connectivity index (χ1v) is 1.86. The number of nitrogens with one attached hydrogen (secondary N) is 1. The van der Waals surface area contributed by atoms with Gasteiger partial charge < -0.3 is 0 Å². The van der Waals surface area contributed by atoms with E-state index < -0.39 is 12.5 Å². The Bertz CT molecular complexity index is 68.2. The van der Waals surface area contributed by atoms with Crippen molar-refractivity contribution in [2.45, 2.75) is 12.5 Å². The molecule has 1 unspecified atom stereocenters. The van der Waals surface area contributed by atoms with Crippen molar-refractivity contribution >= 4 is 0 Å². The second kappa shape index (κ2) is 2.30. The SMILES string of the molecule is CNC(F)C(F)(F)F. The van der Waals surface area contributed by atoms with Crippen LogP contribution in [0.5, 0.6) is 0 Å². The molecule has 1 atom stereocenters. The summed E-state index contributed by atoms with van der Waals surface area (Å²) < 4.78 is 44.4. The molecule has 0 aliphatic carbocycles. The number of rotatable bonds is 1. The van der Waals surface area contributed by atoms with E-state index >= 15 is 0 Å². The Morgan fingerprint density at radius 1 is 1.38 bits per heavy atom. The molecule has 0 aliphatic rings. The third kappa shape index (κ3) is 2.11. The molecule has 0 fully saturated rings. The van der Waals surface area contributed by atoms with Crippen molar-refractivity contribution in [3.8, 4) is 0 Å². The van der Waals surface area contributed by atoms with Gasteiger partial charge in [0.1, 0.15) is 0 Å². The first kappa shape index (κ1) is 7.68. The Morgan fingerprint density at radius 3 is 1.75 bits per heavy atom. The van der Waals surface area contributed by atoms with E-state index in [9.17, 15) is 17.6 Å². The topological polar surface area (TPSA) is 12.0 Å². The molecular formula is C3H5F4N. The third-order valence-corrected chi connectivity index (χ3v) is 0.541. The van der Waals surface area contributed by atoms with Crippen LogP contribution in [0.1, 0.15) is 0 Å². The van der Waals surface area contributed by atoms with Gasteiger partial charge in [0.2, 0.25) is 6.30 Å². The van der Waals surface area contributed by atoms with Gasteiger partial charge in [-0.05, 0) is 7.05 Å². The molecule has 0 amide bonds. The molecule has 0 spiro atoms. The van der Waals surface area contributed by atoms with Crippen LogP contribution >= 0.6 is 0 Å². The predicted molar refractivity (Wildman–Crippen MR) is 20.0 cm³/mol. The minimum atomic E-state index is -4.77. The molecular weight excluding hydrogens is 126 g/mol. The summed E-state index contributed by atoms with van der Waals surface area (Å²) in [6, 6.07) is 0. The predicted octanol–water partition coefficient (Wildman–Crippen LogP) is 1.06. The Morgan fingerprint density at radius 2 is 1.75 bits per heavy atom. The van der Waals surface area contributed by atoms with E-state index in [-0.39, 0.29) is 0 Å². The monoisotopic (exact) mass is 131 g/mol. The van der Waals surface area contributed by atoms with Gasteiger partial charge in [-0.25, -0.2) is 4.39 Å². The van der Waals surface area contributed by atoms with Gasteiger partial charge in [0.15, 0.2) is 0 Å². The van der Waals surface area contributed by atoms with E-state index in [1.54, 1.807) is 0 Å². The second-order valence-electron chi connectivity index (χ2n) is 1.19. The van der Waals surface area contributed by atoms with Crippen molar-refractivity contribution in [3.05, 3.63) is 0 Å². The summed E-state index contributed by atoms with van der Waals surface area (Å²) >= 11 is 0. The standard InChI is InChI=1S/C3H5F4N/c1-8-2(4)3(5,6)7/h2,8H,1H3. The molecule has 0 bridgehead atoms. The highest BCUT2D eigenvalue weighted by atomic mass is 19.4. The molecule has 0 rings (SSSR count). The van der Waals surface area contributed by atoms with Crippen LogP contribution in [0.3, 0.4) is 0 Å². The number of alkyl halides is 4. The van der Waals surface area contributed by atoms with Gasteiger partial charge in [0.25, 0.3) is 0 Å². The zero-order chi connectivity index (χ0) is 6.78. The maximum Gasteiger partial charge on any atom is 0.433 e. The summed E-state index contributed by atoms with van der Waals surface area (Å²) in [6.45, 7) is 0. The third-order valence-electron chi connectivity index (χ3n) is 0.541. The van der Waals surface area contributed by atoms with Gasteiger partial charge in [0.05, 0.1) is 0 Å². The highest BCUT2D eigenvalue weighted by Gasteiger charge is 2.38. The van der Waals surface area contributed by atoms with Gasteiger partial charge in [-0.3, -0.25) is 5.32 Å². The summed E-state index contributed by atoms with van der Waals surface area (Å²) in [6.07, 6.45) is -7.67. The summed E-state index contributed by atoms with van der Waals surface area (Å²) in [5, 5.41) is 1.41. The average molecular weight is 131 g/mol. The Labute approximate surface area is 43.7 Å². The van der Waals surface area contributed by atoms with Crippen LogP contribution in [0.15, 0.2) is 0 Å². The van der Waals surface area contributed by atoms with Crippen LogP contribution in [-0.2, 0) is 0 Å². The maximum absolute atomic E-state index is 11.4. The molecule has 0 saturated carbocycles. The fourth-order valence-corrected chi connectivity index (χ4v) is 0.164. The van der Waals surface area contributed by atoms with Crippen LogP contribution < -0.4 is 5.32 Å². The second-order valence-corrected chi connectivity index (χ2v) is 1.19. The van der Waals surface area contributed by atoms with E-state index in [0.29, 0.717) is 0 Å². The van der Waals surface area contributed by atoms with Crippen molar-refractivity contribution in [1.29, 1.82) is 0 Å². The van der Waals surface area contributed by atoms with Gasteiger partial charge in [-0.15, -0.1) is 0 Å². The fourth-order valence-electron chi connectivity index (χ4n) is 0.164. The molecule has 5 heteroatoms. The largest absolute Gasteiger partial charge is 0.433 e. The Balaban J connectivity index is 3.62. The van der Waals surface area contributed by atoms with Crippen molar-refractivity contribution < 1.29 is 17.6 Å². The van der Waals surface area contributed by atoms with Crippen LogP contribution in [-0.4, -0.2) is 19.5 Å². The lowest BCUT2D eigenvalue weighted by atomic mass is 10.6. The Kier molecular flexibility index (Phi) is 2.21. The maximum atomic E-state index is 11.4. The quantitative estimate of drug-likeness (QED) is 0.414. The van der Waals surface area contributed by atoms with Crippen molar-refractivity contribution in [2.75, 3.05) is 7.05 Å². The summed E-state index contributed by atoms with van der Waals surface area (Å²) in [5.74, 6) is 0. The molecule has 50 valence electrons. The highest BCUT2D eigenvalue weighted by molar-refractivity contribution is 4.58. The van der Waals surface area contributed by atoms with Crippen LogP contribution in [0.2, 0.25) is 0 Å². The zero-order valence-corrected chi connectivity index (χ0v) is 4.09. The minimum absolute atomic E-state index is 0.901. The molecule has 1 nitrogen and oxygen atoms in total. The lowest BCUT2D eigenvalue weighted by molar-refractivity contribution is -0.187. The van der Waals surface area contributed by atoms with Crippen molar-refractivity contribution in [3.63, 3.8) is 0 Å². The molecule has 1 N–H and O–H groups in total. The molecule has 0 radical (unpaired) electrons. The minimum Gasteiger partial charge on any atom is -0.283 e. The molecule has 0 aromatic carbocycles. The first-order chi connectivity index (χ1) is 3.48. The lowest BCUT2D eigenvalue weighted by Crippen LogP contribution is -2.35.